The van der Waals surface area contributed by atoms with Gasteiger partial charge in [-0.25, -0.2) is 0 Å². The van der Waals surface area contributed by atoms with E-state index in [1.165, 1.54) is 0 Å². The van der Waals surface area contributed by atoms with Gasteiger partial charge in [-0.1, -0.05) is 30.3 Å². The van der Waals surface area contributed by atoms with Gasteiger partial charge in [0.1, 0.15) is 5.76 Å². The second-order valence-corrected chi connectivity index (χ2v) is 7.48. The lowest BCUT2D eigenvalue weighted by molar-refractivity contribution is -0.140. The van der Waals surface area contributed by atoms with E-state index in [0.29, 0.717) is 19.6 Å². The fraction of sp³-hybridized carbons (Fsp3) is 0.429. The lowest BCUT2D eigenvalue weighted by atomic mass is 9.99. The number of nitrogens with zero attached hydrogens (tertiary/aromatic N) is 3. The monoisotopic (exact) mass is 367 g/mol. The van der Waals surface area contributed by atoms with Crippen molar-refractivity contribution < 1.29 is 14.0 Å². The quantitative estimate of drug-likeness (QED) is 0.831. The van der Waals surface area contributed by atoms with E-state index < -0.39 is 0 Å². The van der Waals surface area contributed by atoms with E-state index in [1.807, 2.05) is 35.2 Å². The standard InChI is InChI=1S/C21H25N3O3/c1-22-9-10-24(19(15-22)16-6-3-2-4-7-16)21(26)17-12-20(25)23(13-17)14-18-8-5-11-27-18/h2-8,11,17,19H,9-10,12-15H2,1H3/t17-,19+/m0/s1. The van der Waals surface area contributed by atoms with Gasteiger partial charge in [-0.15, -0.1) is 0 Å². The van der Waals surface area contributed by atoms with Crippen LogP contribution < -0.4 is 0 Å². The highest BCUT2D eigenvalue weighted by molar-refractivity contribution is 5.89. The minimum absolute atomic E-state index is 0.0233. The van der Waals surface area contributed by atoms with Crippen molar-refractivity contribution >= 4 is 11.8 Å². The Hall–Kier alpha value is -2.60. The van der Waals surface area contributed by atoms with Crippen molar-refractivity contribution in [1.29, 1.82) is 0 Å². The van der Waals surface area contributed by atoms with Crippen LogP contribution in [0.25, 0.3) is 0 Å². The first kappa shape index (κ1) is 17.8. The van der Waals surface area contributed by atoms with Crippen LogP contribution in [0.4, 0.5) is 0 Å². The van der Waals surface area contributed by atoms with Crippen LogP contribution in [-0.4, -0.2) is 59.7 Å². The number of hydrogen-bond acceptors (Lipinski definition) is 4. The third-order valence-corrected chi connectivity index (χ3v) is 5.54. The topological polar surface area (TPSA) is 57.0 Å². The molecule has 2 aliphatic heterocycles. The molecule has 0 saturated carbocycles. The predicted octanol–water partition coefficient (Wildman–Crippen LogP) is 2.14. The minimum Gasteiger partial charge on any atom is -0.467 e. The van der Waals surface area contributed by atoms with Crippen molar-refractivity contribution in [2.24, 2.45) is 5.92 Å². The number of hydrogen-bond donors (Lipinski definition) is 0. The highest BCUT2D eigenvalue weighted by Crippen LogP contribution is 2.29. The summed E-state index contributed by atoms with van der Waals surface area (Å²) in [6, 6.07) is 13.9. The maximum absolute atomic E-state index is 13.3. The largest absolute Gasteiger partial charge is 0.467 e. The molecule has 2 atom stereocenters. The summed E-state index contributed by atoms with van der Waals surface area (Å²) >= 11 is 0. The van der Waals surface area contributed by atoms with E-state index in [1.54, 1.807) is 11.2 Å². The first-order chi connectivity index (χ1) is 13.1. The van der Waals surface area contributed by atoms with E-state index in [4.69, 9.17) is 4.42 Å². The zero-order chi connectivity index (χ0) is 18.8. The van der Waals surface area contributed by atoms with Gasteiger partial charge in [0.15, 0.2) is 0 Å². The molecule has 1 aromatic carbocycles. The summed E-state index contributed by atoms with van der Waals surface area (Å²) in [5.41, 5.74) is 1.15. The zero-order valence-electron chi connectivity index (χ0n) is 15.6. The molecular weight excluding hydrogens is 342 g/mol. The first-order valence-corrected chi connectivity index (χ1v) is 9.46. The van der Waals surface area contributed by atoms with Gasteiger partial charge in [0, 0.05) is 32.6 Å². The lowest BCUT2D eigenvalue weighted by Gasteiger charge is -2.41. The fourth-order valence-corrected chi connectivity index (χ4v) is 4.06. The number of rotatable bonds is 4. The zero-order valence-corrected chi connectivity index (χ0v) is 15.6. The molecule has 0 radical (unpaired) electrons. The first-order valence-electron chi connectivity index (χ1n) is 9.46. The average molecular weight is 367 g/mol. The summed E-state index contributed by atoms with van der Waals surface area (Å²) < 4.78 is 5.35. The van der Waals surface area contributed by atoms with E-state index in [2.05, 4.69) is 24.1 Å². The maximum atomic E-state index is 13.3. The lowest BCUT2D eigenvalue weighted by Crippen LogP contribution is -2.51. The number of carbonyl (C=O) groups excluding carboxylic acids is 2. The van der Waals surface area contributed by atoms with Crippen molar-refractivity contribution in [3.8, 4) is 0 Å². The molecule has 6 heteroatoms. The van der Waals surface area contributed by atoms with E-state index in [9.17, 15) is 9.59 Å². The molecule has 27 heavy (non-hydrogen) atoms. The third-order valence-electron chi connectivity index (χ3n) is 5.54. The summed E-state index contributed by atoms with van der Waals surface area (Å²) in [5.74, 6) is 0.586. The normalized spacial score (nSPS) is 23.8. The van der Waals surface area contributed by atoms with Crippen molar-refractivity contribution in [2.75, 3.05) is 33.2 Å². The molecule has 6 nitrogen and oxygen atoms in total. The molecule has 2 fully saturated rings. The highest BCUT2D eigenvalue weighted by atomic mass is 16.3. The Bertz CT molecular complexity index is 790. The maximum Gasteiger partial charge on any atom is 0.228 e. The number of likely N-dealkylation sites (tertiary alicyclic amines) is 1. The Morgan fingerprint density at radius 3 is 2.67 bits per heavy atom. The van der Waals surface area contributed by atoms with Gasteiger partial charge in [-0.3, -0.25) is 9.59 Å². The van der Waals surface area contributed by atoms with Crippen molar-refractivity contribution in [3.63, 3.8) is 0 Å². The van der Waals surface area contributed by atoms with E-state index >= 15 is 0 Å². The molecule has 142 valence electrons. The number of carbonyl (C=O) groups is 2. The van der Waals surface area contributed by atoms with Crippen LogP contribution in [0.2, 0.25) is 0 Å². The summed E-state index contributed by atoms with van der Waals surface area (Å²) in [6.07, 6.45) is 1.89. The van der Waals surface area contributed by atoms with Gasteiger partial charge in [0.2, 0.25) is 11.8 Å². The van der Waals surface area contributed by atoms with Crippen LogP contribution in [0, 0.1) is 5.92 Å². The van der Waals surface area contributed by atoms with Crippen LogP contribution in [0.5, 0.6) is 0 Å². The molecule has 2 amide bonds. The molecule has 2 aromatic rings. The van der Waals surface area contributed by atoms with Crippen molar-refractivity contribution in [2.45, 2.75) is 19.0 Å². The van der Waals surface area contributed by atoms with Crippen LogP contribution in [-0.2, 0) is 16.1 Å². The minimum atomic E-state index is -0.276. The van der Waals surface area contributed by atoms with Gasteiger partial charge in [-0.05, 0) is 24.7 Å². The van der Waals surface area contributed by atoms with Gasteiger partial charge in [0.25, 0.3) is 0 Å². The molecule has 0 spiro atoms. The molecule has 2 saturated heterocycles. The van der Waals surface area contributed by atoms with E-state index in [-0.39, 0.29) is 30.2 Å². The second kappa shape index (κ2) is 7.56. The SMILES string of the molecule is CN1CCN(C(=O)[C@H]2CC(=O)N(Cc3ccco3)C2)[C@@H](c2ccccc2)C1. The molecule has 0 unspecified atom stereocenters. The summed E-state index contributed by atoms with van der Waals surface area (Å²) in [6.45, 7) is 3.25. The molecule has 3 heterocycles. The van der Waals surface area contributed by atoms with Crippen LogP contribution >= 0.6 is 0 Å². The van der Waals surface area contributed by atoms with Crippen LogP contribution in [0.3, 0.4) is 0 Å². The molecule has 0 N–H and O–H groups in total. The Kier molecular flexibility index (Phi) is 4.99. The van der Waals surface area contributed by atoms with Crippen molar-refractivity contribution in [1.82, 2.24) is 14.7 Å². The average Bonchev–Trinajstić information content (AvgIpc) is 3.32. The van der Waals surface area contributed by atoms with Crippen LogP contribution in [0.15, 0.2) is 53.1 Å². The molecule has 0 bridgehead atoms. The number of furan rings is 1. The summed E-state index contributed by atoms with van der Waals surface area (Å²) in [7, 11) is 2.09. The number of benzene rings is 1. The number of likely N-dealkylation sites (N-methyl/N-ethyl adjacent to an activating group) is 1. The molecule has 1 aromatic heterocycles. The van der Waals surface area contributed by atoms with Crippen LogP contribution in [0.1, 0.15) is 23.8 Å². The van der Waals surface area contributed by atoms with Crippen molar-refractivity contribution in [3.05, 3.63) is 60.1 Å². The Morgan fingerprint density at radius 2 is 1.93 bits per heavy atom. The Labute approximate surface area is 159 Å². The van der Waals surface area contributed by atoms with Gasteiger partial charge >= 0.3 is 0 Å². The smallest absolute Gasteiger partial charge is 0.228 e. The predicted molar refractivity (Wildman–Crippen MR) is 101 cm³/mol. The Morgan fingerprint density at radius 1 is 1.11 bits per heavy atom. The molecule has 0 aliphatic carbocycles. The van der Waals surface area contributed by atoms with Gasteiger partial charge in [0.05, 0.1) is 24.8 Å². The third kappa shape index (κ3) is 3.76. The molecular formula is C21H25N3O3. The summed E-state index contributed by atoms with van der Waals surface area (Å²) in [4.78, 5) is 31.7. The summed E-state index contributed by atoms with van der Waals surface area (Å²) in [5, 5.41) is 0. The van der Waals surface area contributed by atoms with E-state index in [0.717, 1.165) is 24.4 Å². The van der Waals surface area contributed by atoms with Gasteiger partial charge in [-0.2, -0.15) is 0 Å². The fourth-order valence-electron chi connectivity index (χ4n) is 4.06. The highest BCUT2D eigenvalue weighted by Gasteiger charge is 2.40. The van der Waals surface area contributed by atoms with Gasteiger partial charge < -0.3 is 19.1 Å². The molecule has 2 aliphatic rings. The second-order valence-electron chi connectivity index (χ2n) is 7.48. The number of piperazine rings is 1. The molecule has 4 rings (SSSR count). The number of amides is 2. The Balaban J connectivity index is 1.48.